The van der Waals surface area contributed by atoms with Crippen LogP contribution in [0.4, 0.5) is 5.69 Å². The van der Waals surface area contributed by atoms with Crippen LogP contribution in [-0.2, 0) is 22.7 Å². The van der Waals surface area contributed by atoms with E-state index < -0.39 is 0 Å². The first-order valence-electron chi connectivity index (χ1n) is 6.15. The topological polar surface area (TPSA) is 57.0 Å². The van der Waals surface area contributed by atoms with Crippen molar-refractivity contribution in [3.63, 3.8) is 0 Å². The zero-order chi connectivity index (χ0) is 13.0. The normalized spacial score (nSPS) is 14.4. The average Bonchev–Trinajstić information content (AvgIpc) is 2.38. The molecule has 0 aromatic heterocycles. The molecule has 2 rings (SSSR count). The molecule has 5 nitrogen and oxygen atoms in total. The van der Waals surface area contributed by atoms with Crippen molar-refractivity contribution in [2.75, 3.05) is 26.2 Å². The van der Waals surface area contributed by atoms with Gasteiger partial charge in [0.05, 0.1) is 20.3 Å². The first-order valence-corrected chi connectivity index (χ1v) is 6.15. The highest BCUT2D eigenvalue weighted by atomic mass is 16.7. The predicted octanol–water partition coefficient (Wildman–Crippen LogP) is 1.91. The van der Waals surface area contributed by atoms with E-state index in [1.165, 1.54) is 0 Å². The number of nitrogens with two attached hydrogens (primary N) is 1. The maximum absolute atomic E-state index is 5.90. The summed E-state index contributed by atoms with van der Waals surface area (Å²) in [5, 5.41) is 1.90. The molecule has 1 aromatic rings. The lowest BCUT2D eigenvalue weighted by atomic mass is 10.1. The number of anilines is 1. The molecule has 0 bridgehead atoms. The summed E-state index contributed by atoms with van der Waals surface area (Å²) >= 11 is 0. The fraction of sp³-hybridized carbons (Fsp3) is 0.538. The molecule has 0 amide bonds. The lowest BCUT2D eigenvalue weighted by Crippen LogP contribution is -2.24. The molecule has 2 N–H and O–H groups in total. The second kappa shape index (κ2) is 6.04. The van der Waals surface area contributed by atoms with E-state index in [2.05, 4.69) is 6.92 Å². The number of nitrogens with zero attached hydrogens (tertiary/aromatic N) is 1. The molecule has 1 aliphatic rings. The second-order valence-electron chi connectivity index (χ2n) is 4.33. The lowest BCUT2D eigenvalue weighted by molar-refractivity contribution is -0.139. The Morgan fingerprint density at radius 3 is 3.00 bits per heavy atom. The van der Waals surface area contributed by atoms with Gasteiger partial charge >= 0.3 is 0 Å². The Morgan fingerprint density at radius 2 is 2.28 bits per heavy atom. The molecule has 0 spiro atoms. The van der Waals surface area contributed by atoms with Gasteiger partial charge in [0.15, 0.2) is 6.79 Å². The van der Waals surface area contributed by atoms with Crippen LogP contribution < -0.4 is 10.5 Å². The van der Waals surface area contributed by atoms with Crippen molar-refractivity contribution in [2.45, 2.75) is 26.5 Å². The van der Waals surface area contributed by atoms with Crippen LogP contribution in [0.1, 0.15) is 24.5 Å². The predicted molar refractivity (Wildman–Crippen MR) is 68.8 cm³/mol. The Morgan fingerprint density at radius 1 is 1.44 bits per heavy atom. The minimum atomic E-state index is 0.296. The number of hydroxylamine groups is 2. The molecule has 18 heavy (non-hydrogen) atoms. The third-order valence-electron chi connectivity index (χ3n) is 2.89. The zero-order valence-corrected chi connectivity index (χ0v) is 10.9. The molecule has 1 aromatic carbocycles. The summed E-state index contributed by atoms with van der Waals surface area (Å²) in [7, 11) is 1.68. The molecule has 0 aliphatic carbocycles. The average molecular weight is 252 g/mol. The van der Waals surface area contributed by atoms with Crippen LogP contribution in [0.3, 0.4) is 0 Å². The van der Waals surface area contributed by atoms with Crippen LogP contribution in [0.15, 0.2) is 12.1 Å². The fourth-order valence-corrected chi connectivity index (χ4v) is 2.12. The first-order chi connectivity index (χ1) is 8.74. The van der Waals surface area contributed by atoms with Gasteiger partial charge in [0.25, 0.3) is 0 Å². The summed E-state index contributed by atoms with van der Waals surface area (Å²) in [4.78, 5) is 5.33. The molecule has 1 aliphatic heterocycles. The van der Waals surface area contributed by atoms with Crippen molar-refractivity contribution in [3.8, 4) is 5.75 Å². The van der Waals surface area contributed by atoms with Gasteiger partial charge < -0.3 is 20.0 Å². The number of nitrogen functional groups attached to an aromatic ring is 1. The Hall–Kier alpha value is -1.30. The van der Waals surface area contributed by atoms with Crippen LogP contribution in [0.2, 0.25) is 0 Å². The number of ether oxygens (including phenoxy) is 2. The number of benzene rings is 1. The summed E-state index contributed by atoms with van der Waals surface area (Å²) in [6, 6.07) is 3.83. The molecule has 0 saturated carbocycles. The van der Waals surface area contributed by atoms with E-state index in [4.69, 9.17) is 20.0 Å². The van der Waals surface area contributed by atoms with E-state index in [9.17, 15) is 0 Å². The highest BCUT2D eigenvalue weighted by Gasteiger charge is 2.17. The molecule has 0 saturated heterocycles. The number of rotatable bonds is 5. The highest BCUT2D eigenvalue weighted by Crippen LogP contribution is 2.31. The summed E-state index contributed by atoms with van der Waals surface area (Å²) in [6.45, 7) is 4.50. The maximum Gasteiger partial charge on any atom is 0.189 e. The molecule has 1 heterocycles. The van der Waals surface area contributed by atoms with Gasteiger partial charge in [0.2, 0.25) is 0 Å². The van der Waals surface area contributed by atoms with Crippen molar-refractivity contribution < 1.29 is 14.3 Å². The Kier molecular flexibility index (Phi) is 4.41. The van der Waals surface area contributed by atoms with E-state index >= 15 is 0 Å². The van der Waals surface area contributed by atoms with Gasteiger partial charge in [-0.1, -0.05) is 6.92 Å². The maximum atomic E-state index is 5.90. The van der Waals surface area contributed by atoms with Crippen molar-refractivity contribution >= 4 is 5.69 Å². The van der Waals surface area contributed by atoms with E-state index in [-0.39, 0.29) is 0 Å². The van der Waals surface area contributed by atoms with Crippen LogP contribution >= 0.6 is 0 Å². The van der Waals surface area contributed by atoms with Crippen molar-refractivity contribution in [1.82, 2.24) is 5.06 Å². The van der Waals surface area contributed by atoms with Gasteiger partial charge in [-0.2, -0.15) is 5.06 Å². The molecule has 0 radical (unpaired) electrons. The van der Waals surface area contributed by atoms with Crippen LogP contribution in [-0.4, -0.2) is 25.5 Å². The third-order valence-corrected chi connectivity index (χ3v) is 2.89. The molecule has 0 unspecified atom stereocenters. The molecule has 5 heteroatoms. The van der Waals surface area contributed by atoms with Crippen LogP contribution in [0.25, 0.3) is 0 Å². The molecule has 0 atom stereocenters. The van der Waals surface area contributed by atoms with E-state index in [0.29, 0.717) is 19.9 Å². The quantitative estimate of drug-likeness (QED) is 0.641. The fourth-order valence-electron chi connectivity index (χ4n) is 2.12. The van der Waals surface area contributed by atoms with Gasteiger partial charge in [-0.15, -0.1) is 0 Å². The van der Waals surface area contributed by atoms with E-state index in [0.717, 1.165) is 35.5 Å². The minimum Gasteiger partial charge on any atom is -0.467 e. The SMILES string of the molecule is CCCN(Cc1cc(N)cc2c1OCOC2)OC. The number of hydrogen-bond donors (Lipinski definition) is 1. The van der Waals surface area contributed by atoms with E-state index in [1.807, 2.05) is 17.2 Å². The minimum absolute atomic E-state index is 0.296. The van der Waals surface area contributed by atoms with Crippen molar-refractivity contribution in [3.05, 3.63) is 23.3 Å². The smallest absolute Gasteiger partial charge is 0.189 e. The van der Waals surface area contributed by atoms with Crippen molar-refractivity contribution in [2.24, 2.45) is 0 Å². The van der Waals surface area contributed by atoms with E-state index in [1.54, 1.807) is 7.11 Å². The molecular formula is C13H20N2O3. The molecule has 100 valence electrons. The Balaban J connectivity index is 2.23. The van der Waals surface area contributed by atoms with Crippen molar-refractivity contribution in [1.29, 1.82) is 0 Å². The summed E-state index contributed by atoms with van der Waals surface area (Å²) in [5.41, 5.74) is 8.68. The standard InChI is InChI=1S/C13H20N2O3/c1-3-4-15(16-2)7-10-5-12(14)6-11-8-17-9-18-13(10)11/h5-6H,3-4,7-9,14H2,1-2H3. The summed E-state index contributed by atoms with van der Waals surface area (Å²) in [5.74, 6) is 0.883. The first kappa shape index (κ1) is 13.1. The van der Waals surface area contributed by atoms with Gasteiger partial charge in [-0.3, -0.25) is 0 Å². The second-order valence-corrected chi connectivity index (χ2v) is 4.33. The monoisotopic (exact) mass is 252 g/mol. The molecular weight excluding hydrogens is 232 g/mol. The van der Waals surface area contributed by atoms with Crippen LogP contribution in [0, 0.1) is 0 Å². The van der Waals surface area contributed by atoms with Gasteiger partial charge in [-0.05, 0) is 18.6 Å². The Bertz CT molecular complexity index is 409. The molecule has 0 fully saturated rings. The highest BCUT2D eigenvalue weighted by molar-refractivity contribution is 5.53. The number of fused-ring (bicyclic) bond motifs is 1. The van der Waals surface area contributed by atoms with Gasteiger partial charge in [0.1, 0.15) is 5.75 Å². The van der Waals surface area contributed by atoms with Crippen LogP contribution in [0.5, 0.6) is 5.75 Å². The van der Waals surface area contributed by atoms with Gasteiger partial charge in [-0.25, -0.2) is 0 Å². The lowest BCUT2D eigenvalue weighted by Gasteiger charge is -2.24. The third kappa shape index (κ3) is 2.93. The largest absolute Gasteiger partial charge is 0.467 e. The van der Waals surface area contributed by atoms with Gasteiger partial charge in [0, 0.05) is 23.4 Å². The number of hydrogen-bond acceptors (Lipinski definition) is 5. The Labute approximate surface area is 107 Å². The summed E-state index contributed by atoms with van der Waals surface area (Å²) < 4.78 is 10.8. The zero-order valence-electron chi connectivity index (χ0n) is 10.9. The summed E-state index contributed by atoms with van der Waals surface area (Å²) in [6.07, 6.45) is 1.03.